The Balaban J connectivity index is 2.02. The van der Waals surface area contributed by atoms with Crippen LogP contribution in [0.5, 0.6) is 0 Å². The first-order chi connectivity index (χ1) is 5.97. The molecule has 1 aliphatic carbocycles. The summed E-state index contributed by atoms with van der Waals surface area (Å²) >= 11 is 0.717. The Hall–Kier alpha value is -0.000519. The van der Waals surface area contributed by atoms with Gasteiger partial charge in [0, 0.05) is 0 Å². The zero-order valence-electron chi connectivity index (χ0n) is 7.46. The van der Waals surface area contributed by atoms with Gasteiger partial charge in [-0.05, 0) is 0 Å². The van der Waals surface area contributed by atoms with Crippen LogP contribution in [-0.2, 0) is 0 Å². The van der Waals surface area contributed by atoms with Gasteiger partial charge in [-0.1, -0.05) is 0 Å². The first kappa shape index (κ1) is 8.59. The first-order valence-electron chi connectivity index (χ1n) is 5.00. The van der Waals surface area contributed by atoms with E-state index in [4.69, 9.17) is 0 Å². The summed E-state index contributed by atoms with van der Waals surface area (Å²) in [6.07, 6.45) is 8.83. The van der Waals surface area contributed by atoms with E-state index in [0.717, 1.165) is 20.4 Å². The van der Waals surface area contributed by atoms with E-state index in [0.29, 0.717) is 0 Å². The zero-order chi connectivity index (χ0) is 8.23. The van der Waals surface area contributed by atoms with Gasteiger partial charge in [-0.3, -0.25) is 0 Å². The van der Waals surface area contributed by atoms with Crippen molar-refractivity contribution in [3.8, 4) is 0 Å². The fourth-order valence-electron chi connectivity index (χ4n) is 2.09. The second kappa shape index (κ2) is 4.30. The third-order valence-corrected chi connectivity index (χ3v) is 4.97. The van der Waals surface area contributed by atoms with Crippen molar-refractivity contribution in [1.29, 1.82) is 0 Å². The van der Waals surface area contributed by atoms with Crippen molar-refractivity contribution in [2.75, 3.05) is 0 Å². The summed E-state index contributed by atoms with van der Waals surface area (Å²) in [4.78, 5) is 2.35. The Labute approximate surface area is 80.7 Å². The molecule has 0 spiro atoms. The van der Waals surface area contributed by atoms with Crippen LogP contribution in [0.25, 0.3) is 0 Å². The van der Waals surface area contributed by atoms with Gasteiger partial charge in [0.15, 0.2) is 0 Å². The quantitative estimate of drug-likeness (QED) is 0.510. The van der Waals surface area contributed by atoms with Gasteiger partial charge >= 0.3 is 80.5 Å². The topological polar surface area (TPSA) is 0 Å². The summed E-state index contributed by atoms with van der Waals surface area (Å²) in [5.41, 5.74) is 0. The molecule has 0 unspecified atom stereocenters. The Kier molecular flexibility index (Phi) is 3.08. The minimum absolute atomic E-state index is 0.717. The molecule has 0 radical (unpaired) electrons. The van der Waals surface area contributed by atoms with Gasteiger partial charge in [-0.25, -0.2) is 0 Å². The van der Waals surface area contributed by atoms with Gasteiger partial charge in [0.2, 0.25) is 0 Å². The van der Waals surface area contributed by atoms with Crippen LogP contribution in [0.4, 0.5) is 0 Å². The molecule has 0 aromatic carbocycles. The predicted octanol–water partition coefficient (Wildman–Crippen LogP) is 3.18. The van der Waals surface area contributed by atoms with Crippen molar-refractivity contribution >= 4 is 14.5 Å². The maximum absolute atomic E-state index is 2.37. The van der Waals surface area contributed by atoms with E-state index in [2.05, 4.69) is 17.1 Å². The number of hydrogen-bond donors (Lipinski definition) is 0. The molecule has 66 valence electrons. The molecule has 1 heteroatoms. The summed E-state index contributed by atoms with van der Waals surface area (Å²) in [5, 5.41) is 0. The molecule has 0 amide bonds. The Morgan fingerprint density at radius 2 is 1.83 bits per heavy atom. The predicted molar refractivity (Wildman–Crippen MR) is 53.8 cm³/mol. The van der Waals surface area contributed by atoms with Crippen molar-refractivity contribution in [2.45, 2.75) is 44.4 Å². The first-order valence-corrected chi connectivity index (χ1v) is 6.85. The maximum atomic E-state index is 2.37. The molecule has 1 heterocycles. The van der Waals surface area contributed by atoms with Crippen LogP contribution in [0.15, 0.2) is 17.1 Å². The second-order valence-electron chi connectivity index (χ2n) is 3.70. The molecule has 0 N–H and O–H groups in total. The van der Waals surface area contributed by atoms with Crippen molar-refractivity contribution in [2.24, 2.45) is 0 Å². The Bertz CT molecular complexity index is 205. The Morgan fingerprint density at radius 3 is 2.42 bits per heavy atom. The molecule has 0 saturated heterocycles. The van der Waals surface area contributed by atoms with Crippen LogP contribution in [-0.4, -0.2) is 14.5 Å². The third-order valence-electron chi connectivity index (χ3n) is 2.80. The average Bonchev–Trinajstić information content (AvgIpc) is 2.48. The molecule has 1 fully saturated rings. The van der Waals surface area contributed by atoms with E-state index in [9.17, 15) is 0 Å². The van der Waals surface area contributed by atoms with Crippen LogP contribution < -0.4 is 0 Å². The molecule has 1 aliphatic rings. The van der Waals surface area contributed by atoms with Crippen molar-refractivity contribution in [1.82, 2.24) is 0 Å². The zero-order valence-corrected chi connectivity index (χ0v) is 9.17. The SMILES string of the molecule is c1c[se]c(C2CCCCCC2)c1. The van der Waals surface area contributed by atoms with Crippen LogP contribution >= 0.6 is 0 Å². The molecule has 2 rings (SSSR count). The fourth-order valence-corrected chi connectivity index (χ4v) is 3.97. The number of hydrogen-bond acceptors (Lipinski definition) is 0. The van der Waals surface area contributed by atoms with Gasteiger partial charge < -0.3 is 0 Å². The molecule has 1 aromatic rings. The molecular formula is C11H16Se. The van der Waals surface area contributed by atoms with Crippen LogP contribution in [0.3, 0.4) is 0 Å². The van der Waals surface area contributed by atoms with E-state index >= 15 is 0 Å². The van der Waals surface area contributed by atoms with Crippen molar-refractivity contribution in [3.63, 3.8) is 0 Å². The average molecular weight is 227 g/mol. The van der Waals surface area contributed by atoms with E-state index in [-0.39, 0.29) is 0 Å². The van der Waals surface area contributed by atoms with Gasteiger partial charge in [0.05, 0.1) is 0 Å². The molecule has 0 aliphatic heterocycles. The third kappa shape index (κ3) is 2.02. The molecule has 0 nitrogen and oxygen atoms in total. The van der Waals surface area contributed by atoms with Gasteiger partial charge in [-0.15, -0.1) is 0 Å². The van der Waals surface area contributed by atoms with Crippen LogP contribution in [0.1, 0.15) is 48.9 Å². The van der Waals surface area contributed by atoms with Crippen LogP contribution in [0.2, 0.25) is 0 Å². The minimum atomic E-state index is 0.717. The molecule has 0 bridgehead atoms. The molecule has 1 saturated carbocycles. The molecule has 0 atom stereocenters. The Morgan fingerprint density at radius 1 is 1.08 bits per heavy atom. The van der Waals surface area contributed by atoms with Crippen molar-refractivity contribution < 1.29 is 0 Å². The molecular weight excluding hydrogens is 211 g/mol. The summed E-state index contributed by atoms with van der Waals surface area (Å²) in [7, 11) is 0. The van der Waals surface area contributed by atoms with Gasteiger partial charge in [0.1, 0.15) is 0 Å². The fraction of sp³-hybridized carbons (Fsp3) is 0.636. The summed E-state index contributed by atoms with van der Waals surface area (Å²) in [5.74, 6) is 0.961. The van der Waals surface area contributed by atoms with E-state index in [1.54, 1.807) is 4.44 Å². The van der Waals surface area contributed by atoms with Crippen molar-refractivity contribution in [3.05, 3.63) is 21.5 Å². The van der Waals surface area contributed by atoms with E-state index in [1.807, 2.05) is 0 Å². The normalized spacial score (nSPS) is 20.7. The van der Waals surface area contributed by atoms with Gasteiger partial charge in [0.25, 0.3) is 0 Å². The second-order valence-corrected chi connectivity index (χ2v) is 5.76. The summed E-state index contributed by atoms with van der Waals surface area (Å²) in [6, 6.07) is 4.62. The standard InChI is InChI=1S/C11H16Se/c1-2-4-7-10(6-3-1)11-8-5-9-12-11/h5,8-10H,1-4,6-7H2. The van der Waals surface area contributed by atoms with Crippen LogP contribution in [0, 0.1) is 0 Å². The van der Waals surface area contributed by atoms with Gasteiger partial charge in [-0.2, -0.15) is 0 Å². The molecule has 12 heavy (non-hydrogen) atoms. The molecule has 1 aromatic heterocycles. The summed E-state index contributed by atoms with van der Waals surface area (Å²) in [6.45, 7) is 0. The van der Waals surface area contributed by atoms with E-state index < -0.39 is 0 Å². The van der Waals surface area contributed by atoms with E-state index in [1.165, 1.54) is 38.5 Å². The summed E-state index contributed by atoms with van der Waals surface area (Å²) < 4.78 is 1.77. The monoisotopic (exact) mass is 228 g/mol. The number of rotatable bonds is 1.